The number of rotatable bonds is 10. The van der Waals surface area contributed by atoms with Crippen LogP contribution in [-0.4, -0.2) is 38.5 Å². The van der Waals surface area contributed by atoms with Crippen molar-refractivity contribution in [2.75, 3.05) is 0 Å². The van der Waals surface area contributed by atoms with Crippen molar-refractivity contribution in [1.29, 1.82) is 0 Å². The molecule has 2 aromatic rings. The molecule has 0 spiro atoms. The number of carboxylic acids is 1. The highest BCUT2D eigenvalue weighted by Gasteiger charge is 2.26. The summed E-state index contributed by atoms with van der Waals surface area (Å²) in [5.41, 5.74) is 4.43. The highest BCUT2D eigenvalue weighted by Crippen LogP contribution is 2.14. The number of nitrogens with zero attached hydrogens (tertiary/aromatic N) is 2. The van der Waals surface area contributed by atoms with Crippen molar-refractivity contribution < 1.29 is 14.7 Å². The molecule has 0 aliphatic heterocycles. The van der Waals surface area contributed by atoms with Crippen molar-refractivity contribution in [3.05, 3.63) is 53.1 Å². The first-order valence-corrected chi connectivity index (χ1v) is 9.71. The summed E-state index contributed by atoms with van der Waals surface area (Å²) in [5.74, 6) is -0.705. The fourth-order valence-electron chi connectivity index (χ4n) is 3.25. The van der Waals surface area contributed by atoms with Gasteiger partial charge in [-0.1, -0.05) is 32.0 Å². The third-order valence-corrected chi connectivity index (χ3v) is 5.03. The number of carbonyl (C=O) groups is 2. The molecule has 1 aromatic heterocycles. The summed E-state index contributed by atoms with van der Waals surface area (Å²) >= 11 is 0. The van der Waals surface area contributed by atoms with Gasteiger partial charge in [-0.3, -0.25) is 14.9 Å². The van der Waals surface area contributed by atoms with E-state index in [0.29, 0.717) is 18.9 Å². The highest BCUT2D eigenvalue weighted by atomic mass is 16.4. The maximum atomic E-state index is 11.9. The Bertz CT molecular complexity index is 826. The highest BCUT2D eigenvalue weighted by molar-refractivity contribution is 5.83. The van der Waals surface area contributed by atoms with Gasteiger partial charge >= 0.3 is 5.97 Å². The molecule has 28 heavy (non-hydrogen) atoms. The molecule has 1 aromatic carbocycles. The Balaban J connectivity index is 2.15. The number of hydrogen-bond donors (Lipinski definition) is 2. The molecule has 0 fully saturated rings. The second kappa shape index (κ2) is 9.64. The molecule has 1 unspecified atom stereocenters. The van der Waals surface area contributed by atoms with Gasteiger partial charge in [-0.25, -0.2) is 4.98 Å². The maximum Gasteiger partial charge on any atom is 0.321 e. The van der Waals surface area contributed by atoms with Crippen LogP contribution in [0.2, 0.25) is 0 Å². The summed E-state index contributed by atoms with van der Waals surface area (Å²) in [6.45, 7) is 10.3. The van der Waals surface area contributed by atoms with Crippen molar-refractivity contribution in [3.63, 3.8) is 0 Å². The zero-order chi connectivity index (χ0) is 20.8. The predicted octanol–water partition coefficient (Wildman–Crippen LogP) is 3.14. The van der Waals surface area contributed by atoms with Crippen molar-refractivity contribution in [3.8, 4) is 0 Å². The van der Waals surface area contributed by atoms with E-state index in [1.54, 1.807) is 12.5 Å². The fourth-order valence-corrected chi connectivity index (χ4v) is 3.25. The molecule has 1 heterocycles. The summed E-state index contributed by atoms with van der Waals surface area (Å²) < 4.78 is 1.97. The van der Waals surface area contributed by atoms with E-state index in [9.17, 15) is 14.7 Å². The maximum absolute atomic E-state index is 11.9. The van der Waals surface area contributed by atoms with Crippen LogP contribution in [-0.2, 0) is 22.6 Å². The van der Waals surface area contributed by atoms with Gasteiger partial charge in [0.2, 0.25) is 0 Å². The minimum atomic E-state index is -0.964. The Hall–Kier alpha value is -2.47. The van der Waals surface area contributed by atoms with Crippen LogP contribution in [0.1, 0.15) is 49.6 Å². The second-order valence-electron chi connectivity index (χ2n) is 7.99. The first kappa shape index (κ1) is 21.8. The second-order valence-corrected chi connectivity index (χ2v) is 7.99. The topological polar surface area (TPSA) is 84.2 Å². The Morgan fingerprint density at radius 2 is 1.89 bits per heavy atom. The summed E-state index contributed by atoms with van der Waals surface area (Å²) in [4.78, 5) is 28.0. The largest absolute Gasteiger partial charge is 0.480 e. The SMILES string of the molecule is CC(=O)C(CC(C)C)N[C@@H](Cc1cncn1Cc1ccc(C)c(C)c1)C(=O)O. The van der Waals surface area contributed by atoms with Gasteiger partial charge in [0.25, 0.3) is 0 Å². The van der Waals surface area contributed by atoms with E-state index < -0.39 is 18.1 Å². The smallest absolute Gasteiger partial charge is 0.321 e. The number of Topliss-reactive ketones (excluding diaryl/α,β-unsaturated/α-hetero) is 1. The normalized spacial score (nSPS) is 13.5. The Morgan fingerprint density at radius 3 is 2.46 bits per heavy atom. The molecule has 2 N–H and O–H groups in total. The molecule has 0 saturated heterocycles. The van der Waals surface area contributed by atoms with Crippen molar-refractivity contribution in [2.45, 2.75) is 66.1 Å². The predicted molar refractivity (Wildman–Crippen MR) is 109 cm³/mol. The third-order valence-electron chi connectivity index (χ3n) is 5.03. The van der Waals surface area contributed by atoms with E-state index >= 15 is 0 Å². The standard InChI is InChI=1S/C22H31N3O3/c1-14(2)8-20(17(5)26)24-21(22(27)28)10-19-11-23-13-25(19)12-18-7-6-15(3)16(4)9-18/h6-7,9,11,13-14,20-21,24H,8,10,12H2,1-5H3,(H,27,28)/t20?,21-/m0/s1. The van der Waals surface area contributed by atoms with Crippen LogP contribution in [0.25, 0.3) is 0 Å². The molecule has 0 aliphatic carbocycles. The third kappa shape index (κ3) is 6.02. The summed E-state index contributed by atoms with van der Waals surface area (Å²) in [6, 6.07) is 5.00. The van der Waals surface area contributed by atoms with Crippen molar-refractivity contribution >= 4 is 11.8 Å². The van der Waals surface area contributed by atoms with E-state index in [1.165, 1.54) is 18.1 Å². The average Bonchev–Trinajstić information content (AvgIpc) is 3.03. The van der Waals surface area contributed by atoms with Gasteiger partial charge in [0, 0.05) is 24.9 Å². The monoisotopic (exact) mass is 385 g/mol. The zero-order valence-electron chi connectivity index (χ0n) is 17.4. The quantitative estimate of drug-likeness (QED) is 0.656. The van der Waals surface area contributed by atoms with Crippen LogP contribution < -0.4 is 5.32 Å². The first-order valence-electron chi connectivity index (χ1n) is 9.71. The molecule has 0 aliphatic rings. The molecule has 0 amide bonds. The van der Waals surface area contributed by atoms with Gasteiger partial charge in [-0.2, -0.15) is 0 Å². The van der Waals surface area contributed by atoms with Crippen molar-refractivity contribution in [1.82, 2.24) is 14.9 Å². The van der Waals surface area contributed by atoms with E-state index in [1.807, 2.05) is 18.4 Å². The lowest BCUT2D eigenvalue weighted by Crippen LogP contribution is -2.48. The number of aryl methyl sites for hydroxylation is 2. The molecular weight excluding hydrogens is 354 g/mol. The van der Waals surface area contributed by atoms with Crippen molar-refractivity contribution in [2.24, 2.45) is 5.92 Å². The molecule has 2 atom stereocenters. The summed E-state index contributed by atoms with van der Waals surface area (Å²) in [5, 5.41) is 12.7. The van der Waals surface area contributed by atoms with Gasteiger partial charge in [0.1, 0.15) is 11.8 Å². The molecule has 2 rings (SSSR count). The van der Waals surface area contributed by atoms with Crippen LogP contribution in [0.3, 0.4) is 0 Å². The van der Waals surface area contributed by atoms with Gasteiger partial charge in [0.15, 0.2) is 0 Å². The lowest BCUT2D eigenvalue weighted by Gasteiger charge is -2.23. The minimum Gasteiger partial charge on any atom is -0.480 e. The van der Waals surface area contributed by atoms with E-state index in [-0.39, 0.29) is 12.2 Å². The van der Waals surface area contributed by atoms with Crippen LogP contribution in [0.5, 0.6) is 0 Å². The number of imidazole rings is 1. The van der Waals surface area contributed by atoms with Gasteiger partial charge in [-0.05, 0) is 49.8 Å². The Labute approximate surface area is 167 Å². The molecule has 0 saturated carbocycles. The molecule has 6 heteroatoms. The number of hydrogen-bond acceptors (Lipinski definition) is 4. The lowest BCUT2D eigenvalue weighted by molar-refractivity contribution is -0.139. The summed E-state index contributed by atoms with van der Waals surface area (Å²) in [6.07, 6.45) is 4.30. The molecule has 6 nitrogen and oxygen atoms in total. The number of nitrogens with one attached hydrogen (secondary N) is 1. The Kier molecular flexibility index (Phi) is 7.52. The average molecular weight is 386 g/mol. The van der Waals surface area contributed by atoms with E-state index in [4.69, 9.17) is 0 Å². The number of carboxylic acid groups (broad SMARTS) is 1. The van der Waals surface area contributed by atoms with Crippen LogP contribution in [0, 0.1) is 19.8 Å². The van der Waals surface area contributed by atoms with E-state index in [0.717, 1.165) is 11.3 Å². The number of carbonyl (C=O) groups excluding carboxylic acids is 1. The summed E-state index contributed by atoms with van der Waals surface area (Å²) in [7, 11) is 0. The number of ketones is 1. The number of aliphatic carboxylic acids is 1. The lowest BCUT2D eigenvalue weighted by atomic mass is 9.99. The fraction of sp³-hybridized carbons (Fsp3) is 0.500. The van der Waals surface area contributed by atoms with Gasteiger partial charge < -0.3 is 9.67 Å². The first-order chi connectivity index (χ1) is 13.2. The van der Waals surface area contributed by atoms with Crippen LogP contribution in [0.15, 0.2) is 30.7 Å². The Morgan fingerprint density at radius 1 is 1.18 bits per heavy atom. The van der Waals surface area contributed by atoms with Gasteiger partial charge in [-0.15, -0.1) is 0 Å². The number of aromatic nitrogens is 2. The zero-order valence-corrected chi connectivity index (χ0v) is 17.4. The molecular formula is C22H31N3O3. The minimum absolute atomic E-state index is 0.0383. The van der Waals surface area contributed by atoms with Crippen LogP contribution >= 0.6 is 0 Å². The van der Waals surface area contributed by atoms with Crippen LogP contribution in [0.4, 0.5) is 0 Å². The van der Waals surface area contributed by atoms with E-state index in [2.05, 4.69) is 42.3 Å². The number of benzene rings is 1. The van der Waals surface area contributed by atoms with Gasteiger partial charge in [0.05, 0.1) is 12.4 Å². The molecule has 0 radical (unpaired) electrons. The molecule has 0 bridgehead atoms. The molecule has 152 valence electrons.